The minimum absolute atomic E-state index is 0.0194. The van der Waals surface area contributed by atoms with Gasteiger partial charge < -0.3 is 15.5 Å². The highest BCUT2D eigenvalue weighted by atomic mass is 16.4. The van der Waals surface area contributed by atoms with Crippen LogP contribution in [0.4, 0.5) is 0 Å². The number of hydrogen-bond acceptors (Lipinski definition) is 3. The lowest BCUT2D eigenvalue weighted by Gasteiger charge is -2.07. The Morgan fingerprint density at radius 1 is 1.26 bits per heavy atom. The van der Waals surface area contributed by atoms with E-state index >= 15 is 0 Å². The fourth-order valence-electron chi connectivity index (χ4n) is 1.57. The standard InChI is InChI=1S/C14H19NO4/c1-10-2-4-11(5-3-10)6-7-13(17)15-9-8-12(16)14(18)19/h2-5,12,16H,6-9H2,1H3,(H,15,17)(H,18,19)/t12-/m0/s1. The van der Waals surface area contributed by atoms with Crippen LogP contribution in [-0.2, 0) is 16.0 Å². The molecule has 0 radical (unpaired) electrons. The lowest BCUT2D eigenvalue weighted by molar-refractivity contribution is -0.147. The van der Waals surface area contributed by atoms with Crippen molar-refractivity contribution in [3.8, 4) is 0 Å². The largest absolute Gasteiger partial charge is 0.479 e. The van der Waals surface area contributed by atoms with Crippen molar-refractivity contribution in [3.05, 3.63) is 35.4 Å². The van der Waals surface area contributed by atoms with Gasteiger partial charge >= 0.3 is 5.97 Å². The highest BCUT2D eigenvalue weighted by molar-refractivity contribution is 5.76. The quantitative estimate of drug-likeness (QED) is 0.683. The number of aliphatic hydroxyl groups excluding tert-OH is 1. The lowest BCUT2D eigenvalue weighted by Crippen LogP contribution is -2.30. The van der Waals surface area contributed by atoms with Crippen molar-refractivity contribution in [2.45, 2.75) is 32.3 Å². The van der Waals surface area contributed by atoms with Crippen molar-refractivity contribution >= 4 is 11.9 Å². The molecule has 0 heterocycles. The van der Waals surface area contributed by atoms with Crippen molar-refractivity contribution in [3.63, 3.8) is 0 Å². The summed E-state index contributed by atoms with van der Waals surface area (Å²) in [4.78, 5) is 21.8. The SMILES string of the molecule is Cc1ccc(CCC(=O)NCC[C@H](O)C(=O)O)cc1. The zero-order chi connectivity index (χ0) is 14.3. The first kappa shape index (κ1) is 15.2. The number of rotatable bonds is 7. The van der Waals surface area contributed by atoms with Crippen LogP contribution in [0.1, 0.15) is 24.0 Å². The van der Waals surface area contributed by atoms with Gasteiger partial charge in [0.25, 0.3) is 0 Å². The Kier molecular flexibility index (Phi) is 6.02. The molecule has 0 spiro atoms. The van der Waals surface area contributed by atoms with Gasteiger partial charge in [-0.3, -0.25) is 4.79 Å². The molecule has 0 aliphatic carbocycles. The third kappa shape index (κ3) is 6.01. The van der Waals surface area contributed by atoms with Crippen molar-refractivity contribution in [2.24, 2.45) is 0 Å². The van der Waals surface area contributed by atoms with Gasteiger partial charge in [-0.2, -0.15) is 0 Å². The van der Waals surface area contributed by atoms with E-state index in [1.165, 1.54) is 5.56 Å². The Labute approximate surface area is 112 Å². The summed E-state index contributed by atoms with van der Waals surface area (Å²) in [6.45, 7) is 2.17. The van der Waals surface area contributed by atoms with Crippen LogP contribution in [0.2, 0.25) is 0 Å². The van der Waals surface area contributed by atoms with Gasteiger partial charge in [0.05, 0.1) is 0 Å². The van der Waals surface area contributed by atoms with Gasteiger partial charge in [0.2, 0.25) is 5.91 Å². The summed E-state index contributed by atoms with van der Waals surface area (Å²) in [5.41, 5.74) is 2.27. The number of hydrogen-bond donors (Lipinski definition) is 3. The van der Waals surface area contributed by atoms with E-state index in [2.05, 4.69) is 5.32 Å². The fraction of sp³-hybridized carbons (Fsp3) is 0.429. The predicted molar refractivity (Wildman–Crippen MR) is 70.8 cm³/mol. The summed E-state index contributed by atoms with van der Waals surface area (Å²) in [6, 6.07) is 7.96. The third-order valence-corrected chi connectivity index (χ3v) is 2.79. The molecule has 0 fully saturated rings. The normalized spacial score (nSPS) is 11.9. The molecular weight excluding hydrogens is 246 g/mol. The number of carbonyl (C=O) groups excluding carboxylic acids is 1. The average Bonchev–Trinajstić information content (AvgIpc) is 2.37. The Bertz CT molecular complexity index is 428. The number of aliphatic carboxylic acids is 1. The molecule has 0 aromatic heterocycles. The number of nitrogens with one attached hydrogen (secondary N) is 1. The average molecular weight is 265 g/mol. The maximum absolute atomic E-state index is 11.5. The number of carboxylic acid groups (broad SMARTS) is 1. The zero-order valence-electron chi connectivity index (χ0n) is 10.9. The molecule has 1 aromatic rings. The van der Waals surface area contributed by atoms with E-state index < -0.39 is 12.1 Å². The van der Waals surface area contributed by atoms with Crippen LogP contribution in [0.5, 0.6) is 0 Å². The summed E-state index contributed by atoms with van der Waals surface area (Å²) in [5, 5.41) is 20.1. The van der Waals surface area contributed by atoms with Crippen molar-refractivity contribution in [1.29, 1.82) is 0 Å². The van der Waals surface area contributed by atoms with E-state index in [1.54, 1.807) is 0 Å². The molecule has 0 saturated heterocycles. The van der Waals surface area contributed by atoms with Crippen molar-refractivity contribution in [1.82, 2.24) is 5.32 Å². The summed E-state index contributed by atoms with van der Waals surface area (Å²) < 4.78 is 0. The Morgan fingerprint density at radius 3 is 2.47 bits per heavy atom. The highest BCUT2D eigenvalue weighted by Gasteiger charge is 2.12. The van der Waals surface area contributed by atoms with Crippen LogP contribution in [0.15, 0.2) is 24.3 Å². The van der Waals surface area contributed by atoms with E-state index in [9.17, 15) is 9.59 Å². The van der Waals surface area contributed by atoms with Crippen LogP contribution in [-0.4, -0.2) is 34.7 Å². The van der Waals surface area contributed by atoms with Gasteiger partial charge in [-0.1, -0.05) is 29.8 Å². The molecule has 1 rings (SSSR count). The molecule has 5 heteroatoms. The topological polar surface area (TPSA) is 86.6 Å². The Balaban J connectivity index is 2.21. The zero-order valence-corrected chi connectivity index (χ0v) is 10.9. The molecule has 0 bridgehead atoms. The molecule has 19 heavy (non-hydrogen) atoms. The van der Waals surface area contributed by atoms with Crippen molar-refractivity contribution in [2.75, 3.05) is 6.54 Å². The van der Waals surface area contributed by atoms with E-state index in [4.69, 9.17) is 10.2 Å². The van der Waals surface area contributed by atoms with Crippen LogP contribution in [0.3, 0.4) is 0 Å². The number of amides is 1. The summed E-state index contributed by atoms with van der Waals surface area (Å²) >= 11 is 0. The summed E-state index contributed by atoms with van der Waals surface area (Å²) in [5.74, 6) is -1.41. The van der Waals surface area contributed by atoms with E-state index in [0.717, 1.165) is 5.56 Å². The van der Waals surface area contributed by atoms with Crippen LogP contribution in [0.25, 0.3) is 0 Å². The van der Waals surface area contributed by atoms with E-state index in [-0.39, 0.29) is 18.9 Å². The molecule has 0 saturated carbocycles. The smallest absolute Gasteiger partial charge is 0.332 e. The highest BCUT2D eigenvalue weighted by Crippen LogP contribution is 2.05. The minimum atomic E-state index is -1.42. The molecule has 1 aromatic carbocycles. The van der Waals surface area contributed by atoms with Gasteiger partial charge in [0.15, 0.2) is 6.10 Å². The Hall–Kier alpha value is -1.88. The van der Waals surface area contributed by atoms with Gasteiger partial charge in [-0.05, 0) is 18.9 Å². The van der Waals surface area contributed by atoms with Gasteiger partial charge in [-0.25, -0.2) is 4.79 Å². The molecule has 0 aliphatic heterocycles. The first-order valence-corrected chi connectivity index (χ1v) is 6.22. The fourth-order valence-corrected chi connectivity index (χ4v) is 1.57. The number of carbonyl (C=O) groups is 2. The molecule has 1 amide bonds. The van der Waals surface area contributed by atoms with Crippen LogP contribution >= 0.6 is 0 Å². The monoisotopic (exact) mass is 265 g/mol. The molecule has 0 unspecified atom stereocenters. The maximum Gasteiger partial charge on any atom is 0.332 e. The van der Waals surface area contributed by atoms with E-state index in [0.29, 0.717) is 12.8 Å². The molecule has 0 aliphatic rings. The first-order valence-electron chi connectivity index (χ1n) is 6.22. The van der Waals surface area contributed by atoms with Gasteiger partial charge in [-0.15, -0.1) is 0 Å². The second-order valence-corrected chi connectivity index (χ2v) is 4.48. The molecule has 3 N–H and O–H groups in total. The molecular formula is C14H19NO4. The van der Waals surface area contributed by atoms with Crippen LogP contribution < -0.4 is 5.32 Å². The number of benzene rings is 1. The van der Waals surface area contributed by atoms with Crippen molar-refractivity contribution < 1.29 is 19.8 Å². The second kappa shape index (κ2) is 7.53. The van der Waals surface area contributed by atoms with Gasteiger partial charge in [0.1, 0.15) is 0 Å². The first-order chi connectivity index (χ1) is 8.99. The minimum Gasteiger partial charge on any atom is -0.479 e. The number of aryl methyl sites for hydroxylation is 2. The molecule has 104 valence electrons. The lowest BCUT2D eigenvalue weighted by atomic mass is 10.1. The summed E-state index contributed by atoms with van der Waals surface area (Å²) in [6.07, 6.45) is -0.400. The van der Waals surface area contributed by atoms with Gasteiger partial charge in [0, 0.05) is 19.4 Å². The number of carboxylic acids is 1. The second-order valence-electron chi connectivity index (χ2n) is 4.48. The van der Waals surface area contributed by atoms with Crippen LogP contribution in [0, 0.1) is 6.92 Å². The molecule has 5 nitrogen and oxygen atoms in total. The Morgan fingerprint density at radius 2 is 1.89 bits per heavy atom. The molecule has 1 atom stereocenters. The number of aliphatic hydroxyl groups is 1. The third-order valence-electron chi connectivity index (χ3n) is 2.79. The maximum atomic E-state index is 11.5. The predicted octanol–water partition coefficient (Wildman–Crippen LogP) is 0.879. The summed E-state index contributed by atoms with van der Waals surface area (Å²) in [7, 11) is 0. The van der Waals surface area contributed by atoms with E-state index in [1.807, 2.05) is 31.2 Å².